The number of carbonyl (C=O) groups excluding carboxylic acids is 2. The molecule has 2 heteroatoms. The molecule has 0 aliphatic heterocycles. The molecule has 0 aromatic carbocycles. The summed E-state index contributed by atoms with van der Waals surface area (Å²) in [7, 11) is 0. The SMILES string of the molecule is CC(=O)CC(C)C=O. The Morgan fingerprint density at radius 1 is 1.75 bits per heavy atom. The topological polar surface area (TPSA) is 34.1 Å². The smallest absolute Gasteiger partial charge is 0.130 e. The summed E-state index contributed by atoms with van der Waals surface area (Å²) in [6.07, 6.45) is 1.17. The fourth-order valence-corrected chi connectivity index (χ4v) is 0.502. The van der Waals surface area contributed by atoms with Gasteiger partial charge in [0.1, 0.15) is 12.1 Å². The second-order valence-corrected chi connectivity index (χ2v) is 2.02. The molecule has 0 aliphatic rings. The first-order chi connectivity index (χ1) is 3.66. The Morgan fingerprint density at radius 3 is 2.38 bits per heavy atom. The van der Waals surface area contributed by atoms with Gasteiger partial charge in [0, 0.05) is 12.3 Å². The van der Waals surface area contributed by atoms with Gasteiger partial charge in [-0.3, -0.25) is 0 Å². The lowest BCUT2D eigenvalue weighted by Crippen LogP contribution is -2.01. The molecule has 0 amide bonds. The van der Waals surface area contributed by atoms with E-state index in [1.807, 2.05) is 0 Å². The molecule has 0 rings (SSSR count). The van der Waals surface area contributed by atoms with Crippen LogP contribution in [-0.4, -0.2) is 12.1 Å². The predicted octanol–water partition coefficient (Wildman–Crippen LogP) is 0.800. The molecule has 46 valence electrons. The van der Waals surface area contributed by atoms with Gasteiger partial charge >= 0.3 is 0 Å². The number of Topliss-reactive ketones (excluding diaryl/α,β-unsaturated/α-hetero) is 1. The quantitative estimate of drug-likeness (QED) is 0.508. The Balaban J connectivity index is 3.38. The van der Waals surface area contributed by atoms with Crippen molar-refractivity contribution in [2.45, 2.75) is 20.3 Å². The first-order valence-corrected chi connectivity index (χ1v) is 2.61. The van der Waals surface area contributed by atoms with Crippen molar-refractivity contribution in [1.82, 2.24) is 0 Å². The lowest BCUT2D eigenvalue weighted by atomic mass is 10.1. The maximum Gasteiger partial charge on any atom is 0.130 e. The summed E-state index contributed by atoms with van der Waals surface area (Å²) in [6.45, 7) is 3.22. The van der Waals surface area contributed by atoms with E-state index in [0.717, 1.165) is 6.29 Å². The van der Waals surface area contributed by atoms with E-state index in [-0.39, 0.29) is 11.7 Å². The molecule has 0 fully saturated rings. The molecule has 0 saturated carbocycles. The maximum atomic E-state index is 10.3. The van der Waals surface area contributed by atoms with Crippen LogP contribution in [-0.2, 0) is 9.59 Å². The highest BCUT2D eigenvalue weighted by Gasteiger charge is 2.00. The van der Waals surface area contributed by atoms with E-state index in [2.05, 4.69) is 0 Å². The molecule has 0 spiro atoms. The molecule has 2 nitrogen and oxygen atoms in total. The van der Waals surface area contributed by atoms with Gasteiger partial charge < -0.3 is 9.59 Å². The Bertz CT molecular complexity index is 96.7. The van der Waals surface area contributed by atoms with Gasteiger partial charge in [0.2, 0.25) is 0 Å². The minimum atomic E-state index is -0.104. The van der Waals surface area contributed by atoms with Crippen LogP contribution in [0.4, 0.5) is 0 Å². The van der Waals surface area contributed by atoms with Crippen molar-refractivity contribution in [2.75, 3.05) is 0 Å². The summed E-state index contributed by atoms with van der Waals surface area (Å²) in [5.74, 6) is -0.0305. The first-order valence-electron chi connectivity index (χ1n) is 2.61. The second kappa shape index (κ2) is 3.36. The molecule has 0 heterocycles. The highest BCUT2D eigenvalue weighted by Crippen LogP contribution is 1.96. The molecule has 0 aromatic heterocycles. The third-order valence-electron chi connectivity index (χ3n) is 0.842. The largest absolute Gasteiger partial charge is 0.303 e. The number of hydrogen-bond donors (Lipinski definition) is 0. The average Bonchev–Trinajstić information content (AvgIpc) is 1.65. The lowest BCUT2D eigenvalue weighted by Gasteiger charge is -1.94. The Kier molecular flexibility index (Phi) is 3.08. The van der Waals surface area contributed by atoms with Gasteiger partial charge in [-0.05, 0) is 6.92 Å². The second-order valence-electron chi connectivity index (χ2n) is 2.02. The van der Waals surface area contributed by atoms with Crippen LogP contribution < -0.4 is 0 Å². The Labute approximate surface area is 48.9 Å². The summed E-state index contributed by atoms with van der Waals surface area (Å²) in [5.41, 5.74) is 0. The zero-order chi connectivity index (χ0) is 6.57. The monoisotopic (exact) mass is 114 g/mol. The van der Waals surface area contributed by atoms with Crippen LogP contribution in [0.15, 0.2) is 0 Å². The van der Waals surface area contributed by atoms with E-state index >= 15 is 0 Å². The summed E-state index contributed by atoms with van der Waals surface area (Å²) >= 11 is 0. The van der Waals surface area contributed by atoms with Gasteiger partial charge in [-0.15, -0.1) is 0 Å². The van der Waals surface area contributed by atoms with Crippen molar-refractivity contribution in [3.05, 3.63) is 0 Å². The van der Waals surface area contributed by atoms with E-state index in [9.17, 15) is 9.59 Å². The number of carbonyl (C=O) groups is 2. The maximum absolute atomic E-state index is 10.3. The summed E-state index contributed by atoms with van der Waals surface area (Å²) in [6, 6.07) is 0. The molecule has 1 unspecified atom stereocenters. The number of rotatable bonds is 3. The summed E-state index contributed by atoms with van der Waals surface area (Å²) in [4.78, 5) is 20.1. The van der Waals surface area contributed by atoms with Gasteiger partial charge in [0.15, 0.2) is 0 Å². The lowest BCUT2D eigenvalue weighted by molar-refractivity contribution is -0.120. The fourth-order valence-electron chi connectivity index (χ4n) is 0.502. The van der Waals surface area contributed by atoms with E-state index in [4.69, 9.17) is 0 Å². The van der Waals surface area contributed by atoms with Crippen LogP contribution in [0.1, 0.15) is 20.3 Å². The number of hydrogen-bond acceptors (Lipinski definition) is 2. The average molecular weight is 114 g/mol. The molecule has 0 saturated heterocycles. The van der Waals surface area contributed by atoms with Crippen molar-refractivity contribution in [2.24, 2.45) is 5.92 Å². The van der Waals surface area contributed by atoms with Crippen molar-refractivity contribution in [3.63, 3.8) is 0 Å². The minimum Gasteiger partial charge on any atom is -0.303 e. The molecular weight excluding hydrogens is 104 g/mol. The molecule has 0 bridgehead atoms. The van der Waals surface area contributed by atoms with Crippen LogP contribution >= 0.6 is 0 Å². The highest BCUT2D eigenvalue weighted by molar-refractivity contribution is 5.78. The predicted molar refractivity (Wildman–Crippen MR) is 30.5 cm³/mol. The highest BCUT2D eigenvalue weighted by atomic mass is 16.1. The zero-order valence-electron chi connectivity index (χ0n) is 5.18. The van der Waals surface area contributed by atoms with E-state index < -0.39 is 0 Å². The van der Waals surface area contributed by atoms with Crippen molar-refractivity contribution >= 4 is 12.1 Å². The third kappa shape index (κ3) is 3.53. The Morgan fingerprint density at radius 2 is 2.25 bits per heavy atom. The van der Waals surface area contributed by atoms with E-state index in [0.29, 0.717) is 6.42 Å². The van der Waals surface area contributed by atoms with Crippen LogP contribution in [0.25, 0.3) is 0 Å². The molecule has 0 radical (unpaired) electrons. The molecular formula is C6H10O2. The van der Waals surface area contributed by atoms with Gasteiger partial charge in [0.05, 0.1) is 0 Å². The molecule has 0 aliphatic carbocycles. The fraction of sp³-hybridized carbons (Fsp3) is 0.667. The van der Waals surface area contributed by atoms with Gasteiger partial charge in [0.25, 0.3) is 0 Å². The van der Waals surface area contributed by atoms with Crippen LogP contribution in [0.2, 0.25) is 0 Å². The van der Waals surface area contributed by atoms with Crippen molar-refractivity contribution in [3.8, 4) is 0 Å². The summed E-state index contributed by atoms with van der Waals surface area (Å²) in [5, 5.41) is 0. The van der Waals surface area contributed by atoms with Gasteiger partial charge in [-0.1, -0.05) is 6.92 Å². The Hall–Kier alpha value is -0.660. The van der Waals surface area contributed by atoms with E-state index in [1.165, 1.54) is 6.92 Å². The normalized spacial score (nSPS) is 12.8. The van der Waals surface area contributed by atoms with Crippen LogP contribution in [0.3, 0.4) is 0 Å². The molecule has 0 aromatic rings. The van der Waals surface area contributed by atoms with Gasteiger partial charge in [-0.2, -0.15) is 0 Å². The standard InChI is InChI=1S/C6H10O2/c1-5(4-7)3-6(2)8/h4-5H,3H2,1-2H3. The first kappa shape index (κ1) is 7.34. The van der Waals surface area contributed by atoms with Crippen molar-refractivity contribution in [1.29, 1.82) is 0 Å². The molecule has 8 heavy (non-hydrogen) atoms. The van der Waals surface area contributed by atoms with Crippen LogP contribution in [0.5, 0.6) is 0 Å². The minimum absolute atomic E-state index is 0.0737. The van der Waals surface area contributed by atoms with Crippen LogP contribution in [0, 0.1) is 5.92 Å². The number of ketones is 1. The van der Waals surface area contributed by atoms with Crippen molar-refractivity contribution < 1.29 is 9.59 Å². The molecule has 1 atom stereocenters. The van der Waals surface area contributed by atoms with E-state index in [1.54, 1.807) is 6.92 Å². The van der Waals surface area contributed by atoms with Gasteiger partial charge in [-0.25, -0.2) is 0 Å². The summed E-state index contributed by atoms with van der Waals surface area (Å²) < 4.78 is 0. The number of aldehydes is 1. The molecule has 0 N–H and O–H groups in total. The third-order valence-corrected chi connectivity index (χ3v) is 0.842. The zero-order valence-corrected chi connectivity index (χ0v) is 5.18.